The van der Waals surface area contributed by atoms with Crippen LogP contribution in [0.2, 0.25) is 0 Å². The minimum absolute atomic E-state index is 0.0532. The Balaban J connectivity index is 4.61. The average molecular weight is 953 g/mol. The van der Waals surface area contributed by atoms with Crippen LogP contribution in [-0.4, -0.2) is 46.9 Å². The molecule has 3 N–H and O–H groups in total. The number of aliphatic hydroxyl groups is 2. The summed E-state index contributed by atoms with van der Waals surface area (Å²) < 4.78 is 5.95. The van der Waals surface area contributed by atoms with Gasteiger partial charge in [0, 0.05) is 6.42 Å². The summed E-state index contributed by atoms with van der Waals surface area (Å²) in [7, 11) is 0. The molecule has 1 amide bonds. The Labute approximate surface area is 422 Å². The number of carbonyl (C=O) groups is 2. The van der Waals surface area contributed by atoms with Crippen molar-refractivity contribution in [2.75, 3.05) is 6.61 Å². The monoisotopic (exact) mass is 952 g/mol. The van der Waals surface area contributed by atoms with Gasteiger partial charge in [-0.2, -0.15) is 0 Å². The highest BCUT2D eigenvalue weighted by Crippen LogP contribution is 2.18. The molecule has 3 atom stereocenters. The third-order valence-corrected chi connectivity index (χ3v) is 13.4. The molecule has 6 nitrogen and oxygen atoms in total. The van der Waals surface area contributed by atoms with Crippen molar-refractivity contribution in [3.05, 3.63) is 60.8 Å². The molecular formula is C62H113NO5. The topological polar surface area (TPSA) is 95.9 Å². The van der Waals surface area contributed by atoms with Gasteiger partial charge in [-0.15, -0.1) is 0 Å². The molecule has 0 rings (SSSR count). The van der Waals surface area contributed by atoms with E-state index in [0.717, 1.165) is 77.0 Å². The zero-order valence-corrected chi connectivity index (χ0v) is 45.2. The fraction of sp³-hybridized carbons (Fsp3) is 0.806. The van der Waals surface area contributed by atoms with Crippen molar-refractivity contribution >= 4 is 11.9 Å². The predicted molar refractivity (Wildman–Crippen MR) is 296 cm³/mol. The van der Waals surface area contributed by atoms with Gasteiger partial charge in [0.25, 0.3) is 0 Å². The molecule has 0 aromatic heterocycles. The molecule has 0 aliphatic heterocycles. The maximum Gasteiger partial charge on any atom is 0.306 e. The molecular weight excluding hydrogens is 839 g/mol. The molecule has 0 aromatic carbocycles. The standard InChI is InChI=1S/C62H113NO5/c1-4-7-10-13-16-19-22-25-28-30-31-32-34-37-40-43-46-49-52-55-62(67)68-58(53-50-47-44-41-38-35-33-29-26-23-20-17-14-11-8-5-2)56-61(66)63-59(57-64)60(65)54-51-48-45-42-39-36-27-24-21-18-15-12-9-6-3/h16,19,23,25-26,28-29,33,35,38,58-60,64-65H,4-15,17-18,20-22,24,27,30-32,34,36-37,39-57H2,1-3H3,(H,63,66)/b19-16-,26-23+,28-25-,33-29+,38-35+. The van der Waals surface area contributed by atoms with Gasteiger partial charge in [0.2, 0.25) is 5.91 Å². The van der Waals surface area contributed by atoms with Gasteiger partial charge in [-0.1, -0.05) is 261 Å². The van der Waals surface area contributed by atoms with Crippen molar-refractivity contribution in [2.45, 2.75) is 315 Å². The minimum Gasteiger partial charge on any atom is -0.462 e. The number of carbonyl (C=O) groups excluding carboxylic acids is 2. The third kappa shape index (κ3) is 50.0. The number of unbranched alkanes of at least 4 members (excludes halogenated alkanes) is 33. The van der Waals surface area contributed by atoms with E-state index in [9.17, 15) is 19.8 Å². The highest BCUT2D eigenvalue weighted by Gasteiger charge is 2.24. The van der Waals surface area contributed by atoms with E-state index in [-0.39, 0.29) is 24.9 Å². The van der Waals surface area contributed by atoms with Crippen molar-refractivity contribution in [2.24, 2.45) is 0 Å². The Morgan fingerprint density at radius 3 is 1.28 bits per heavy atom. The Hall–Kier alpha value is -2.44. The predicted octanol–water partition coefficient (Wildman–Crippen LogP) is 18.4. The molecule has 68 heavy (non-hydrogen) atoms. The summed E-state index contributed by atoms with van der Waals surface area (Å²) >= 11 is 0. The first kappa shape index (κ1) is 65.6. The first-order valence-corrected chi connectivity index (χ1v) is 29.5. The van der Waals surface area contributed by atoms with Crippen molar-refractivity contribution in [3.8, 4) is 0 Å². The molecule has 6 heteroatoms. The number of nitrogens with one attached hydrogen (secondary N) is 1. The number of amides is 1. The van der Waals surface area contributed by atoms with Crippen LogP contribution in [-0.2, 0) is 14.3 Å². The van der Waals surface area contributed by atoms with Gasteiger partial charge in [0.15, 0.2) is 0 Å². The van der Waals surface area contributed by atoms with E-state index < -0.39 is 18.2 Å². The lowest BCUT2D eigenvalue weighted by Gasteiger charge is -2.24. The first-order chi connectivity index (χ1) is 33.5. The van der Waals surface area contributed by atoms with E-state index in [4.69, 9.17) is 4.74 Å². The highest BCUT2D eigenvalue weighted by atomic mass is 16.5. The summed E-state index contributed by atoms with van der Waals surface area (Å²) in [6, 6.07) is -0.716. The molecule has 0 bridgehead atoms. The molecule has 0 saturated carbocycles. The largest absolute Gasteiger partial charge is 0.462 e. The van der Waals surface area contributed by atoms with Crippen LogP contribution in [0.25, 0.3) is 0 Å². The fourth-order valence-corrected chi connectivity index (χ4v) is 8.88. The molecule has 0 fully saturated rings. The molecule has 3 unspecified atom stereocenters. The SMILES string of the molecule is CCCCC/C=C\C/C=C\CCCCCCCCCCCC(=O)OC(CCCCC/C=C/C=C/C=C/CCCCCCC)CC(=O)NC(CO)C(O)CCCCCCCCCCCCCCCC. The van der Waals surface area contributed by atoms with Crippen LogP contribution < -0.4 is 5.32 Å². The van der Waals surface area contributed by atoms with E-state index in [0.29, 0.717) is 19.3 Å². The summed E-state index contributed by atoms with van der Waals surface area (Å²) in [6.45, 7) is 6.46. The number of rotatable bonds is 53. The zero-order valence-electron chi connectivity index (χ0n) is 45.2. The number of hydrogen-bond donors (Lipinski definition) is 3. The number of aliphatic hydroxyl groups excluding tert-OH is 2. The van der Waals surface area contributed by atoms with Crippen LogP contribution in [0.1, 0.15) is 297 Å². The Morgan fingerprint density at radius 2 is 0.809 bits per heavy atom. The summed E-state index contributed by atoms with van der Waals surface area (Å²) in [5.74, 6) is -0.504. The second-order valence-corrected chi connectivity index (χ2v) is 20.1. The molecule has 0 aliphatic rings. The van der Waals surface area contributed by atoms with Crippen molar-refractivity contribution in [1.82, 2.24) is 5.32 Å². The molecule has 0 aliphatic carbocycles. The summed E-state index contributed by atoms with van der Waals surface area (Å²) in [4.78, 5) is 26.3. The number of hydrogen-bond acceptors (Lipinski definition) is 5. The van der Waals surface area contributed by atoms with Crippen LogP contribution in [0.15, 0.2) is 60.8 Å². The smallest absolute Gasteiger partial charge is 0.306 e. The second-order valence-electron chi connectivity index (χ2n) is 20.1. The third-order valence-electron chi connectivity index (χ3n) is 13.4. The second kappa shape index (κ2) is 55.5. The fourth-order valence-electron chi connectivity index (χ4n) is 8.88. The molecule has 0 heterocycles. The lowest BCUT2D eigenvalue weighted by atomic mass is 10.0. The van der Waals surface area contributed by atoms with Crippen molar-refractivity contribution < 1.29 is 24.5 Å². The van der Waals surface area contributed by atoms with E-state index in [2.05, 4.69) is 86.8 Å². The van der Waals surface area contributed by atoms with Crippen LogP contribution in [0.4, 0.5) is 0 Å². The van der Waals surface area contributed by atoms with Gasteiger partial charge in [-0.05, 0) is 83.5 Å². The van der Waals surface area contributed by atoms with E-state index in [1.807, 2.05) is 0 Å². The van der Waals surface area contributed by atoms with Gasteiger partial charge in [0.1, 0.15) is 6.10 Å². The number of allylic oxidation sites excluding steroid dienone is 10. The van der Waals surface area contributed by atoms with E-state index in [1.54, 1.807) is 0 Å². The molecule has 0 spiro atoms. The molecule has 0 saturated heterocycles. The Bertz CT molecular complexity index is 1210. The van der Waals surface area contributed by atoms with E-state index >= 15 is 0 Å². The first-order valence-electron chi connectivity index (χ1n) is 29.5. The normalized spacial score (nSPS) is 13.5. The quantitative estimate of drug-likeness (QED) is 0.0244. The minimum atomic E-state index is -0.800. The Morgan fingerprint density at radius 1 is 0.441 bits per heavy atom. The lowest BCUT2D eigenvalue weighted by Crippen LogP contribution is -2.46. The highest BCUT2D eigenvalue weighted by molar-refractivity contribution is 5.77. The maximum absolute atomic E-state index is 13.3. The lowest BCUT2D eigenvalue weighted by molar-refractivity contribution is -0.151. The average Bonchev–Trinajstić information content (AvgIpc) is 3.33. The van der Waals surface area contributed by atoms with Crippen LogP contribution in [0, 0.1) is 0 Å². The Kier molecular flexibility index (Phi) is 53.5. The van der Waals surface area contributed by atoms with E-state index in [1.165, 1.54) is 173 Å². The van der Waals surface area contributed by atoms with Crippen molar-refractivity contribution in [1.29, 1.82) is 0 Å². The molecule has 396 valence electrons. The summed E-state index contributed by atoms with van der Waals surface area (Å²) in [6.07, 6.45) is 70.0. The van der Waals surface area contributed by atoms with Gasteiger partial charge in [-0.25, -0.2) is 0 Å². The van der Waals surface area contributed by atoms with Crippen LogP contribution >= 0.6 is 0 Å². The summed E-state index contributed by atoms with van der Waals surface area (Å²) in [5.41, 5.74) is 0. The zero-order chi connectivity index (χ0) is 49.5. The van der Waals surface area contributed by atoms with Gasteiger partial charge in [0.05, 0.1) is 25.2 Å². The summed E-state index contributed by atoms with van der Waals surface area (Å²) in [5, 5.41) is 23.9. The number of esters is 1. The number of ether oxygens (including phenoxy) is 1. The van der Waals surface area contributed by atoms with Gasteiger partial charge >= 0.3 is 5.97 Å². The van der Waals surface area contributed by atoms with Gasteiger partial charge < -0.3 is 20.3 Å². The maximum atomic E-state index is 13.3. The molecule has 0 aromatic rings. The van der Waals surface area contributed by atoms with Crippen LogP contribution in [0.5, 0.6) is 0 Å². The van der Waals surface area contributed by atoms with Crippen LogP contribution in [0.3, 0.4) is 0 Å². The van der Waals surface area contributed by atoms with Crippen molar-refractivity contribution in [3.63, 3.8) is 0 Å². The molecule has 0 radical (unpaired) electrons. The van der Waals surface area contributed by atoms with Gasteiger partial charge in [-0.3, -0.25) is 9.59 Å².